The number of benzene rings is 2. The van der Waals surface area contributed by atoms with Crippen molar-refractivity contribution in [2.75, 3.05) is 0 Å². The largest absolute Gasteiger partial charge is 0.306 e. The summed E-state index contributed by atoms with van der Waals surface area (Å²) in [6, 6.07) is 9.22. The van der Waals surface area contributed by atoms with Gasteiger partial charge in [-0.2, -0.15) is 0 Å². The van der Waals surface area contributed by atoms with Gasteiger partial charge in [-0.15, -0.1) is 0 Å². The summed E-state index contributed by atoms with van der Waals surface area (Å²) in [5.41, 5.74) is 0.0432. The minimum absolute atomic E-state index is 0.0816. The van der Waals surface area contributed by atoms with Crippen LogP contribution in [0.1, 0.15) is 0 Å². The van der Waals surface area contributed by atoms with Crippen LogP contribution in [0.25, 0.3) is 22.3 Å². The van der Waals surface area contributed by atoms with Crippen LogP contribution in [0.3, 0.4) is 0 Å². The maximum absolute atomic E-state index is 12.1. The van der Waals surface area contributed by atoms with Gasteiger partial charge in [0.15, 0.2) is 0 Å². The minimum atomic E-state index is -0.624. The zero-order valence-corrected chi connectivity index (χ0v) is 12.4. The summed E-state index contributed by atoms with van der Waals surface area (Å²) in [5.74, 6) is 0.147. The highest BCUT2D eigenvalue weighted by Gasteiger charge is 2.18. The highest BCUT2D eigenvalue weighted by atomic mass is 35.5. The fourth-order valence-corrected chi connectivity index (χ4v) is 2.61. The molecule has 3 rings (SSSR count). The number of hydrogen-bond donors (Lipinski definition) is 1. The molecule has 0 unspecified atom stereocenters. The standard InChI is InChI=1S/C14H7Cl2N3O3/c15-9-6-10(16)12(19(21)22)5-8(9)13-17-11-4-2-1-3-7(11)14(20)18-13/h1-6H,(H,17,18,20). The lowest BCUT2D eigenvalue weighted by atomic mass is 10.1. The Kier molecular flexibility index (Phi) is 3.56. The molecule has 0 aliphatic heterocycles. The fraction of sp³-hybridized carbons (Fsp3) is 0. The number of nitrogens with zero attached hydrogens (tertiary/aromatic N) is 2. The Hall–Kier alpha value is -2.44. The zero-order valence-electron chi connectivity index (χ0n) is 10.8. The second kappa shape index (κ2) is 5.40. The molecule has 0 saturated heterocycles. The number of rotatable bonds is 2. The number of nitro benzene ring substituents is 1. The van der Waals surface area contributed by atoms with E-state index < -0.39 is 4.92 Å². The summed E-state index contributed by atoms with van der Waals surface area (Å²) < 4.78 is 0. The molecule has 0 aliphatic rings. The topological polar surface area (TPSA) is 88.9 Å². The molecule has 0 aliphatic carbocycles. The minimum Gasteiger partial charge on any atom is -0.306 e. The molecule has 1 aromatic heterocycles. The van der Waals surface area contributed by atoms with Crippen molar-refractivity contribution < 1.29 is 4.92 Å². The smallest absolute Gasteiger partial charge is 0.288 e. The lowest BCUT2D eigenvalue weighted by Crippen LogP contribution is -2.09. The molecule has 0 radical (unpaired) electrons. The summed E-state index contributed by atoms with van der Waals surface area (Å²) in [5, 5.41) is 11.5. The van der Waals surface area contributed by atoms with Crippen molar-refractivity contribution >= 4 is 39.8 Å². The van der Waals surface area contributed by atoms with Crippen molar-refractivity contribution in [3.05, 3.63) is 66.9 Å². The maximum atomic E-state index is 12.1. The van der Waals surface area contributed by atoms with E-state index in [2.05, 4.69) is 9.97 Å². The Labute approximate surface area is 133 Å². The van der Waals surface area contributed by atoms with Gasteiger partial charge in [0.1, 0.15) is 10.8 Å². The third-order valence-electron chi connectivity index (χ3n) is 3.10. The number of aromatic amines is 1. The normalized spacial score (nSPS) is 10.8. The van der Waals surface area contributed by atoms with E-state index in [1.807, 2.05) is 0 Å². The van der Waals surface area contributed by atoms with E-state index in [4.69, 9.17) is 23.2 Å². The second-order valence-corrected chi connectivity index (χ2v) is 5.29. The quantitative estimate of drug-likeness (QED) is 0.569. The van der Waals surface area contributed by atoms with Crippen molar-refractivity contribution in [1.82, 2.24) is 9.97 Å². The molecule has 1 heterocycles. The van der Waals surface area contributed by atoms with Gasteiger partial charge in [0.05, 0.1) is 20.8 Å². The monoisotopic (exact) mass is 335 g/mol. The van der Waals surface area contributed by atoms with Crippen molar-refractivity contribution in [1.29, 1.82) is 0 Å². The van der Waals surface area contributed by atoms with Crippen molar-refractivity contribution in [3.8, 4) is 11.4 Å². The van der Waals surface area contributed by atoms with Gasteiger partial charge in [0.25, 0.3) is 11.2 Å². The SMILES string of the molecule is O=c1[nH]c(-c2cc([N+](=O)[O-])c(Cl)cc2Cl)nc2ccccc12. The highest BCUT2D eigenvalue weighted by molar-refractivity contribution is 6.37. The second-order valence-electron chi connectivity index (χ2n) is 4.47. The third kappa shape index (κ3) is 2.43. The van der Waals surface area contributed by atoms with Crippen LogP contribution in [0.5, 0.6) is 0 Å². The van der Waals surface area contributed by atoms with Gasteiger partial charge in [0.2, 0.25) is 0 Å². The number of para-hydroxylation sites is 1. The van der Waals surface area contributed by atoms with E-state index in [1.54, 1.807) is 24.3 Å². The Bertz CT molecular complexity index is 969. The van der Waals surface area contributed by atoms with Gasteiger partial charge >= 0.3 is 0 Å². The Morgan fingerprint density at radius 2 is 1.86 bits per heavy atom. The molecule has 6 nitrogen and oxygen atoms in total. The van der Waals surface area contributed by atoms with Crippen LogP contribution in [0.2, 0.25) is 10.0 Å². The number of H-pyrrole nitrogens is 1. The van der Waals surface area contributed by atoms with Crippen molar-refractivity contribution in [2.24, 2.45) is 0 Å². The molecule has 0 spiro atoms. The molecule has 0 atom stereocenters. The number of hydrogen-bond acceptors (Lipinski definition) is 4. The molecule has 110 valence electrons. The first-order chi connectivity index (χ1) is 10.5. The summed E-state index contributed by atoms with van der Waals surface area (Å²) >= 11 is 11.9. The summed E-state index contributed by atoms with van der Waals surface area (Å²) in [4.78, 5) is 29.3. The van der Waals surface area contributed by atoms with Crippen LogP contribution >= 0.6 is 23.2 Å². The number of halogens is 2. The van der Waals surface area contributed by atoms with Crippen LogP contribution in [-0.2, 0) is 0 Å². The number of aromatic nitrogens is 2. The molecular weight excluding hydrogens is 329 g/mol. The number of nitrogens with one attached hydrogen (secondary N) is 1. The van der Waals surface area contributed by atoms with Crippen molar-refractivity contribution in [3.63, 3.8) is 0 Å². The van der Waals surface area contributed by atoms with E-state index >= 15 is 0 Å². The van der Waals surface area contributed by atoms with Gasteiger partial charge in [-0.1, -0.05) is 35.3 Å². The van der Waals surface area contributed by atoms with Gasteiger partial charge < -0.3 is 4.98 Å². The van der Waals surface area contributed by atoms with Gasteiger partial charge in [0, 0.05) is 11.6 Å². The van der Waals surface area contributed by atoms with Crippen LogP contribution in [-0.4, -0.2) is 14.9 Å². The molecule has 3 aromatic rings. The van der Waals surface area contributed by atoms with Crippen LogP contribution < -0.4 is 5.56 Å². The average Bonchev–Trinajstić information content (AvgIpc) is 2.47. The predicted molar refractivity (Wildman–Crippen MR) is 84.5 cm³/mol. The fourth-order valence-electron chi connectivity index (χ4n) is 2.07. The molecular formula is C14H7Cl2N3O3. The maximum Gasteiger partial charge on any atom is 0.288 e. The summed E-state index contributed by atoms with van der Waals surface area (Å²) in [6.07, 6.45) is 0. The van der Waals surface area contributed by atoms with E-state index in [-0.39, 0.29) is 32.7 Å². The van der Waals surface area contributed by atoms with Crippen LogP contribution in [0, 0.1) is 10.1 Å². The Morgan fingerprint density at radius 1 is 1.14 bits per heavy atom. The zero-order chi connectivity index (χ0) is 15.9. The molecule has 0 bridgehead atoms. The number of fused-ring (bicyclic) bond motifs is 1. The Morgan fingerprint density at radius 3 is 2.59 bits per heavy atom. The number of nitro groups is 1. The van der Waals surface area contributed by atoms with Crippen molar-refractivity contribution in [2.45, 2.75) is 0 Å². The van der Waals surface area contributed by atoms with Gasteiger partial charge in [-0.05, 0) is 18.2 Å². The highest BCUT2D eigenvalue weighted by Crippen LogP contribution is 2.35. The summed E-state index contributed by atoms with van der Waals surface area (Å²) in [7, 11) is 0. The average molecular weight is 336 g/mol. The molecule has 8 heteroatoms. The first-order valence-electron chi connectivity index (χ1n) is 6.10. The first-order valence-corrected chi connectivity index (χ1v) is 6.86. The lowest BCUT2D eigenvalue weighted by molar-refractivity contribution is -0.384. The van der Waals surface area contributed by atoms with E-state index in [0.717, 1.165) is 0 Å². The third-order valence-corrected chi connectivity index (χ3v) is 3.72. The summed E-state index contributed by atoms with van der Waals surface area (Å²) in [6.45, 7) is 0. The molecule has 0 amide bonds. The molecule has 2 aromatic carbocycles. The van der Waals surface area contributed by atoms with Gasteiger partial charge in [-0.25, -0.2) is 4.98 Å². The van der Waals surface area contributed by atoms with Gasteiger partial charge in [-0.3, -0.25) is 14.9 Å². The van der Waals surface area contributed by atoms with Crippen LogP contribution in [0.15, 0.2) is 41.2 Å². The molecule has 0 saturated carbocycles. The van der Waals surface area contributed by atoms with E-state index in [1.165, 1.54) is 12.1 Å². The lowest BCUT2D eigenvalue weighted by Gasteiger charge is -2.06. The molecule has 1 N–H and O–H groups in total. The van der Waals surface area contributed by atoms with Crippen LogP contribution in [0.4, 0.5) is 5.69 Å². The molecule has 22 heavy (non-hydrogen) atoms. The van der Waals surface area contributed by atoms with E-state index in [0.29, 0.717) is 10.9 Å². The van der Waals surface area contributed by atoms with E-state index in [9.17, 15) is 14.9 Å². The Balaban J connectivity index is 2.30. The molecule has 0 fully saturated rings. The first kappa shape index (κ1) is 14.5. The predicted octanol–water partition coefficient (Wildman–Crippen LogP) is 3.81.